The highest BCUT2D eigenvalue weighted by Crippen LogP contribution is 2.24. The lowest BCUT2D eigenvalue weighted by atomic mass is 9.99. The second-order valence-corrected chi connectivity index (χ2v) is 6.86. The van der Waals surface area contributed by atoms with Crippen molar-refractivity contribution in [1.82, 2.24) is 10.2 Å². The Balaban J connectivity index is 2.12. The normalized spacial score (nSPS) is 20.2. The Bertz CT molecular complexity index is 663. The van der Waals surface area contributed by atoms with Gasteiger partial charge in [0, 0.05) is 33.7 Å². The van der Waals surface area contributed by atoms with Crippen LogP contribution in [-0.2, 0) is 16.1 Å². The van der Waals surface area contributed by atoms with Crippen LogP contribution in [0.5, 0.6) is 0 Å². The summed E-state index contributed by atoms with van der Waals surface area (Å²) < 4.78 is 19.0. The first-order valence-corrected chi connectivity index (χ1v) is 8.94. The molecule has 1 aromatic rings. The Hall–Kier alpha value is -2.31. The third-order valence-corrected chi connectivity index (χ3v) is 4.66. The zero-order chi connectivity index (χ0) is 19.3. The number of ether oxygens (including phenoxy) is 1. The largest absolute Gasteiger partial charge is 0.469 e. The number of esters is 1. The molecule has 0 radical (unpaired) electrons. The third-order valence-electron chi connectivity index (χ3n) is 4.66. The van der Waals surface area contributed by atoms with Gasteiger partial charge in [0.2, 0.25) is 0 Å². The Morgan fingerprint density at radius 2 is 2.15 bits per heavy atom. The van der Waals surface area contributed by atoms with Crippen LogP contribution in [-0.4, -0.2) is 57.7 Å². The number of hydrogen-bond acceptors (Lipinski definition) is 4. The second kappa shape index (κ2) is 8.87. The monoisotopic (exact) mass is 364 g/mol. The zero-order valence-corrected chi connectivity index (χ0v) is 16.3. The summed E-state index contributed by atoms with van der Waals surface area (Å²) in [5, 5.41) is 3.26. The molecule has 1 heterocycles. The van der Waals surface area contributed by atoms with Crippen LogP contribution in [0.15, 0.2) is 23.2 Å². The molecule has 0 saturated carbocycles. The van der Waals surface area contributed by atoms with Crippen LogP contribution in [0.1, 0.15) is 19.4 Å². The molecule has 1 fully saturated rings. The fourth-order valence-corrected chi connectivity index (χ4v) is 3.20. The molecule has 144 valence electrons. The molecule has 0 bridgehead atoms. The van der Waals surface area contributed by atoms with Gasteiger partial charge in [-0.2, -0.15) is 0 Å². The molecular formula is C19H29FN4O2. The molecule has 1 N–H and O–H groups in total. The van der Waals surface area contributed by atoms with Crippen LogP contribution in [0, 0.1) is 17.7 Å². The summed E-state index contributed by atoms with van der Waals surface area (Å²) in [6.45, 7) is 6.45. The van der Waals surface area contributed by atoms with E-state index in [1.165, 1.54) is 13.2 Å². The van der Waals surface area contributed by atoms with Crippen molar-refractivity contribution in [1.29, 1.82) is 0 Å². The predicted molar refractivity (Wildman–Crippen MR) is 102 cm³/mol. The molecule has 6 nitrogen and oxygen atoms in total. The summed E-state index contributed by atoms with van der Waals surface area (Å²) in [4.78, 5) is 20.3. The summed E-state index contributed by atoms with van der Waals surface area (Å²) >= 11 is 0. The van der Waals surface area contributed by atoms with Crippen molar-refractivity contribution in [2.75, 3.05) is 45.7 Å². The van der Waals surface area contributed by atoms with E-state index >= 15 is 0 Å². The smallest absolute Gasteiger partial charge is 0.310 e. The first-order valence-electron chi connectivity index (χ1n) is 8.94. The van der Waals surface area contributed by atoms with Gasteiger partial charge in [0.05, 0.1) is 25.3 Å². The summed E-state index contributed by atoms with van der Waals surface area (Å²) in [7, 11) is 5.04. The molecule has 1 saturated heterocycles. The number of nitrogens with one attached hydrogen (secondary N) is 1. The van der Waals surface area contributed by atoms with Crippen molar-refractivity contribution >= 4 is 17.6 Å². The maximum atomic E-state index is 14.1. The minimum atomic E-state index is -0.256. The standard InChI is InChI=1S/C19H29FN4O2/c1-6-21-19(24-11-13(2)15(12-24)18(25)26-5)22-10-14-7-8-17(23(3)4)16(20)9-14/h7-9,13,15H,6,10-12H2,1-5H3,(H,21,22). The minimum absolute atomic E-state index is 0.152. The van der Waals surface area contributed by atoms with Crippen molar-refractivity contribution in [3.8, 4) is 0 Å². The van der Waals surface area contributed by atoms with E-state index in [0.29, 0.717) is 18.8 Å². The minimum Gasteiger partial charge on any atom is -0.469 e. The molecule has 2 rings (SSSR count). The molecule has 2 atom stereocenters. The topological polar surface area (TPSA) is 57.2 Å². The van der Waals surface area contributed by atoms with E-state index in [9.17, 15) is 9.18 Å². The molecule has 2 unspecified atom stereocenters. The van der Waals surface area contributed by atoms with Crippen molar-refractivity contribution in [2.24, 2.45) is 16.8 Å². The lowest BCUT2D eigenvalue weighted by Gasteiger charge is -2.21. The summed E-state index contributed by atoms with van der Waals surface area (Å²) in [5.74, 6) is 0.345. The van der Waals surface area contributed by atoms with Gasteiger partial charge in [-0.15, -0.1) is 0 Å². The molecular weight excluding hydrogens is 335 g/mol. The number of anilines is 1. The third kappa shape index (κ3) is 4.65. The van der Waals surface area contributed by atoms with E-state index in [2.05, 4.69) is 15.2 Å². The lowest BCUT2D eigenvalue weighted by Crippen LogP contribution is -2.40. The first kappa shape index (κ1) is 20.0. The fourth-order valence-electron chi connectivity index (χ4n) is 3.20. The van der Waals surface area contributed by atoms with Gasteiger partial charge in [0.1, 0.15) is 5.82 Å². The summed E-state index contributed by atoms with van der Waals surface area (Å²) in [6.07, 6.45) is 0. The molecule has 0 aromatic heterocycles. The Kier molecular flexibility index (Phi) is 6.83. The first-order chi connectivity index (χ1) is 12.4. The van der Waals surface area contributed by atoms with Crippen molar-refractivity contribution < 1.29 is 13.9 Å². The number of benzene rings is 1. The van der Waals surface area contributed by atoms with Gasteiger partial charge >= 0.3 is 5.97 Å². The quantitative estimate of drug-likeness (QED) is 0.493. The number of carbonyl (C=O) groups is 1. The van der Waals surface area contributed by atoms with E-state index in [1.54, 1.807) is 11.0 Å². The van der Waals surface area contributed by atoms with Gasteiger partial charge in [-0.3, -0.25) is 4.79 Å². The maximum absolute atomic E-state index is 14.1. The van der Waals surface area contributed by atoms with Crippen molar-refractivity contribution in [2.45, 2.75) is 20.4 Å². The van der Waals surface area contributed by atoms with Crippen molar-refractivity contribution in [3.05, 3.63) is 29.6 Å². The molecule has 0 aliphatic carbocycles. The van der Waals surface area contributed by atoms with Crippen LogP contribution in [0.2, 0.25) is 0 Å². The van der Waals surface area contributed by atoms with Gasteiger partial charge in [-0.25, -0.2) is 9.38 Å². The number of guanidine groups is 1. The fraction of sp³-hybridized carbons (Fsp3) is 0.579. The average Bonchev–Trinajstić information content (AvgIpc) is 2.99. The number of methoxy groups -OCH3 is 1. The number of likely N-dealkylation sites (tertiary alicyclic amines) is 1. The van der Waals surface area contributed by atoms with Gasteiger partial charge in [-0.1, -0.05) is 13.0 Å². The van der Waals surface area contributed by atoms with Crippen LogP contribution in [0.25, 0.3) is 0 Å². The number of rotatable bonds is 5. The molecule has 1 aliphatic heterocycles. The number of aliphatic imine (C=N–C) groups is 1. The summed E-state index contributed by atoms with van der Waals surface area (Å²) in [5.41, 5.74) is 1.36. The van der Waals surface area contributed by atoms with Gasteiger partial charge in [0.25, 0.3) is 0 Å². The molecule has 0 spiro atoms. The number of halogens is 1. The predicted octanol–water partition coefficient (Wildman–Crippen LogP) is 2.10. The average molecular weight is 364 g/mol. The van der Waals surface area contributed by atoms with Crippen LogP contribution >= 0.6 is 0 Å². The van der Waals surface area contributed by atoms with E-state index in [1.807, 2.05) is 34.0 Å². The summed E-state index contributed by atoms with van der Waals surface area (Å²) in [6, 6.07) is 5.17. The molecule has 1 aliphatic rings. The van der Waals surface area contributed by atoms with E-state index in [4.69, 9.17) is 4.74 Å². The van der Waals surface area contributed by atoms with E-state index in [0.717, 1.165) is 24.6 Å². The SMILES string of the molecule is CCNC(=NCc1ccc(N(C)C)c(F)c1)N1CC(C)C(C(=O)OC)C1. The highest BCUT2D eigenvalue weighted by Gasteiger charge is 2.36. The highest BCUT2D eigenvalue weighted by molar-refractivity contribution is 5.82. The second-order valence-electron chi connectivity index (χ2n) is 6.86. The van der Waals surface area contributed by atoms with E-state index < -0.39 is 0 Å². The van der Waals surface area contributed by atoms with Gasteiger partial charge in [-0.05, 0) is 30.5 Å². The molecule has 26 heavy (non-hydrogen) atoms. The highest BCUT2D eigenvalue weighted by atomic mass is 19.1. The van der Waals surface area contributed by atoms with Crippen LogP contribution in [0.3, 0.4) is 0 Å². The Labute approximate surface area is 155 Å². The van der Waals surface area contributed by atoms with Crippen LogP contribution in [0.4, 0.5) is 10.1 Å². The van der Waals surface area contributed by atoms with Gasteiger partial charge < -0.3 is 19.9 Å². The number of nitrogens with zero attached hydrogens (tertiary/aromatic N) is 3. The Morgan fingerprint density at radius 1 is 1.42 bits per heavy atom. The van der Waals surface area contributed by atoms with Crippen molar-refractivity contribution in [3.63, 3.8) is 0 Å². The number of carbonyl (C=O) groups excluding carboxylic acids is 1. The number of hydrogen-bond donors (Lipinski definition) is 1. The Morgan fingerprint density at radius 3 is 2.73 bits per heavy atom. The van der Waals surface area contributed by atoms with E-state index in [-0.39, 0.29) is 23.6 Å². The molecule has 1 aromatic carbocycles. The zero-order valence-electron chi connectivity index (χ0n) is 16.3. The molecule has 0 amide bonds. The van der Waals surface area contributed by atoms with Gasteiger partial charge in [0.15, 0.2) is 5.96 Å². The maximum Gasteiger partial charge on any atom is 0.310 e. The molecule has 7 heteroatoms. The van der Waals surface area contributed by atoms with Crippen LogP contribution < -0.4 is 10.2 Å². The lowest BCUT2D eigenvalue weighted by molar-refractivity contribution is -0.145.